The molecule has 0 aliphatic heterocycles. The summed E-state index contributed by atoms with van der Waals surface area (Å²) in [6, 6.07) is 8.37. The molecule has 0 unspecified atom stereocenters. The lowest BCUT2D eigenvalue weighted by molar-refractivity contribution is 0.318. The van der Waals surface area contributed by atoms with E-state index in [0.29, 0.717) is 5.92 Å². The molecule has 1 N–H and O–H groups in total. The average molecular weight is 267 g/mol. The van der Waals surface area contributed by atoms with Crippen molar-refractivity contribution in [1.29, 1.82) is 0 Å². The Morgan fingerprint density at radius 2 is 2.17 bits per heavy atom. The highest BCUT2D eigenvalue weighted by Crippen LogP contribution is 2.13. The summed E-state index contributed by atoms with van der Waals surface area (Å²) >= 11 is 1.86. The van der Waals surface area contributed by atoms with Crippen LogP contribution in [-0.2, 0) is 6.54 Å². The molecule has 0 heterocycles. The van der Waals surface area contributed by atoms with E-state index in [1.54, 1.807) is 0 Å². The molecule has 18 heavy (non-hydrogen) atoms. The highest BCUT2D eigenvalue weighted by atomic mass is 32.2. The van der Waals surface area contributed by atoms with Crippen molar-refractivity contribution >= 4 is 11.8 Å². The van der Waals surface area contributed by atoms with Crippen molar-refractivity contribution in [2.45, 2.75) is 26.8 Å². The first-order valence-corrected chi connectivity index (χ1v) is 8.03. The first kappa shape index (κ1) is 15.4. The van der Waals surface area contributed by atoms with E-state index in [0.717, 1.165) is 37.6 Å². The molecule has 102 valence electrons. The fourth-order valence-corrected chi connectivity index (χ4v) is 2.05. The van der Waals surface area contributed by atoms with Crippen molar-refractivity contribution < 1.29 is 4.74 Å². The SMILES string of the molecule is CSCCCOc1cccc(CNCC(C)C)c1. The van der Waals surface area contributed by atoms with Crippen molar-refractivity contribution in [2.75, 3.05) is 25.2 Å². The third-order valence-corrected chi connectivity index (χ3v) is 3.24. The zero-order valence-electron chi connectivity index (χ0n) is 11.7. The Morgan fingerprint density at radius 3 is 2.89 bits per heavy atom. The number of nitrogens with one attached hydrogen (secondary N) is 1. The van der Waals surface area contributed by atoms with Crippen LogP contribution in [-0.4, -0.2) is 25.2 Å². The molecule has 2 nitrogen and oxygen atoms in total. The van der Waals surface area contributed by atoms with Gasteiger partial charge >= 0.3 is 0 Å². The van der Waals surface area contributed by atoms with Crippen LogP contribution in [0.2, 0.25) is 0 Å². The maximum atomic E-state index is 5.74. The Labute approximate surface area is 116 Å². The molecule has 0 fully saturated rings. The Kier molecular flexibility index (Phi) is 7.94. The summed E-state index contributed by atoms with van der Waals surface area (Å²) in [4.78, 5) is 0. The number of rotatable bonds is 9. The fourth-order valence-electron chi connectivity index (χ4n) is 1.64. The number of benzene rings is 1. The lowest BCUT2D eigenvalue weighted by atomic mass is 10.2. The molecule has 0 atom stereocenters. The zero-order valence-corrected chi connectivity index (χ0v) is 12.6. The first-order valence-electron chi connectivity index (χ1n) is 6.63. The zero-order chi connectivity index (χ0) is 13.2. The van der Waals surface area contributed by atoms with Crippen LogP contribution < -0.4 is 10.1 Å². The van der Waals surface area contributed by atoms with Crippen molar-refractivity contribution in [1.82, 2.24) is 5.32 Å². The molecule has 0 saturated heterocycles. The van der Waals surface area contributed by atoms with Crippen molar-refractivity contribution in [3.05, 3.63) is 29.8 Å². The van der Waals surface area contributed by atoms with Crippen LogP contribution in [0.5, 0.6) is 5.75 Å². The molecule has 0 aromatic heterocycles. The predicted octanol–water partition coefficient (Wildman–Crippen LogP) is 3.56. The van der Waals surface area contributed by atoms with Gasteiger partial charge in [0.15, 0.2) is 0 Å². The minimum absolute atomic E-state index is 0.691. The molecule has 1 aromatic rings. The Bertz CT molecular complexity index is 328. The summed E-state index contributed by atoms with van der Waals surface area (Å²) in [5.41, 5.74) is 1.29. The van der Waals surface area contributed by atoms with Gasteiger partial charge in [0.1, 0.15) is 5.75 Å². The van der Waals surface area contributed by atoms with E-state index in [1.165, 1.54) is 5.56 Å². The Morgan fingerprint density at radius 1 is 1.33 bits per heavy atom. The summed E-state index contributed by atoms with van der Waals surface area (Å²) in [5, 5.41) is 3.45. The van der Waals surface area contributed by atoms with Gasteiger partial charge in [-0.3, -0.25) is 0 Å². The van der Waals surface area contributed by atoms with Crippen molar-refractivity contribution in [3.8, 4) is 5.75 Å². The van der Waals surface area contributed by atoms with E-state index in [-0.39, 0.29) is 0 Å². The molecule has 0 amide bonds. The van der Waals surface area contributed by atoms with Gasteiger partial charge in [-0.05, 0) is 48.6 Å². The van der Waals surface area contributed by atoms with Gasteiger partial charge in [0.2, 0.25) is 0 Å². The smallest absolute Gasteiger partial charge is 0.119 e. The summed E-state index contributed by atoms with van der Waals surface area (Å²) in [7, 11) is 0. The monoisotopic (exact) mass is 267 g/mol. The predicted molar refractivity (Wildman–Crippen MR) is 81.5 cm³/mol. The third-order valence-electron chi connectivity index (χ3n) is 2.54. The molecule has 0 bridgehead atoms. The van der Waals surface area contributed by atoms with Crippen LogP contribution >= 0.6 is 11.8 Å². The van der Waals surface area contributed by atoms with E-state index in [4.69, 9.17) is 4.74 Å². The third kappa shape index (κ3) is 6.92. The number of hydrogen-bond donors (Lipinski definition) is 1. The topological polar surface area (TPSA) is 21.3 Å². The van der Waals surface area contributed by atoms with E-state index >= 15 is 0 Å². The van der Waals surface area contributed by atoms with Crippen LogP contribution in [0.3, 0.4) is 0 Å². The van der Waals surface area contributed by atoms with Gasteiger partial charge in [0.05, 0.1) is 6.61 Å². The molecule has 0 saturated carbocycles. The molecular weight excluding hydrogens is 242 g/mol. The summed E-state index contributed by atoms with van der Waals surface area (Å²) in [5.74, 6) is 2.84. The second kappa shape index (κ2) is 9.29. The maximum absolute atomic E-state index is 5.74. The van der Waals surface area contributed by atoms with Gasteiger partial charge in [-0.2, -0.15) is 11.8 Å². The lowest BCUT2D eigenvalue weighted by Gasteiger charge is -2.10. The molecule has 0 radical (unpaired) electrons. The second-order valence-electron chi connectivity index (χ2n) is 4.87. The molecule has 0 aliphatic carbocycles. The molecule has 0 spiro atoms. The van der Waals surface area contributed by atoms with Gasteiger partial charge in [0.25, 0.3) is 0 Å². The number of ether oxygens (including phenoxy) is 1. The van der Waals surface area contributed by atoms with Crippen LogP contribution in [0, 0.1) is 5.92 Å². The van der Waals surface area contributed by atoms with Crippen molar-refractivity contribution in [2.24, 2.45) is 5.92 Å². The Hall–Kier alpha value is -0.670. The summed E-state index contributed by atoms with van der Waals surface area (Å²) in [6.07, 6.45) is 3.23. The first-order chi connectivity index (χ1) is 8.72. The van der Waals surface area contributed by atoms with Gasteiger partial charge < -0.3 is 10.1 Å². The molecule has 3 heteroatoms. The second-order valence-corrected chi connectivity index (χ2v) is 5.85. The quantitative estimate of drug-likeness (QED) is 0.691. The molecule has 0 aliphatic rings. The van der Waals surface area contributed by atoms with Gasteiger partial charge in [-0.1, -0.05) is 26.0 Å². The Balaban J connectivity index is 2.32. The van der Waals surface area contributed by atoms with Crippen LogP contribution in [0.25, 0.3) is 0 Å². The van der Waals surface area contributed by atoms with Crippen LogP contribution in [0.1, 0.15) is 25.8 Å². The van der Waals surface area contributed by atoms with Crippen molar-refractivity contribution in [3.63, 3.8) is 0 Å². The largest absolute Gasteiger partial charge is 0.494 e. The maximum Gasteiger partial charge on any atom is 0.119 e. The summed E-state index contributed by atoms with van der Waals surface area (Å²) < 4.78 is 5.74. The fraction of sp³-hybridized carbons (Fsp3) is 0.600. The molecule has 1 rings (SSSR count). The van der Waals surface area contributed by atoms with Gasteiger partial charge in [0, 0.05) is 6.54 Å². The van der Waals surface area contributed by atoms with Crippen LogP contribution in [0.4, 0.5) is 0 Å². The normalized spacial score (nSPS) is 10.9. The number of thioether (sulfide) groups is 1. The average Bonchev–Trinajstić information content (AvgIpc) is 2.35. The molecular formula is C15H25NOS. The van der Waals surface area contributed by atoms with E-state index in [2.05, 4.69) is 43.6 Å². The van der Waals surface area contributed by atoms with Crippen LogP contribution in [0.15, 0.2) is 24.3 Å². The number of hydrogen-bond acceptors (Lipinski definition) is 3. The minimum Gasteiger partial charge on any atom is -0.494 e. The minimum atomic E-state index is 0.691. The molecule has 1 aromatic carbocycles. The van der Waals surface area contributed by atoms with Gasteiger partial charge in [-0.25, -0.2) is 0 Å². The standard InChI is InChI=1S/C15H25NOS/c1-13(2)11-16-12-14-6-4-7-15(10-14)17-8-5-9-18-3/h4,6-7,10,13,16H,5,8-9,11-12H2,1-3H3. The highest BCUT2D eigenvalue weighted by Gasteiger charge is 1.98. The van der Waals surface area contributed by atoms with E-state index in [9.17, 15) is 0 Å². The van der Waals surface area contributed by atoms with Gasteiger partial charge in [-0.15, -0.1) is 0 Å². The van der Waals surface area contributed by atoms with E-state index < -0.39 is 0 Å². The van der Waals surface area contributed by atoms with E-state index in [1.807, 2.05) is 17.8 Å². The lowest BCUT2D eigenvalue weighted by Crippen LogP contribution is -2.18. The summed E-state index contributed by atoms with van der Waals surface area (Å²) in [6.45, 7) is 7.22. The highest BCUT2D eigenvalue weighted by molar-refractivity contribution is 7.98.